The van der Waals surface area contributed by atoms with E-state index in [1.807, 2.05) is 37.4 Å². The first-order chi connectivity index (χ1) is 14.0. The molecule has 2 aromatic rings. The van der Waals surface area contributed by atoms with Gasteiger partial charge in [0.25, 0.3) is 11.8 Å². The number of rotatable bonds is 11. The average molecular weight is 401 g/mol. The molecule has 0 aliphatic rings. The van der Waals surface area contributed by atoms with Crippen LogP contribution >= 0.6 is 0 Å². The lowest BCUT2D eigenvalue weighted by Crippen LogP contribution is -2.28. The Bertz CT molecular complexity index is 801. The molecule has 0 radical (unpaired) electrons. The molecule has 2 amide bonds. The van der Waals surface area contributed by atoms with Crippen LogP contribution in [0, 0.1) is 0 Å². The number of ether oxygens (including phenoxy) is 3. The quantitative estimate of drug-likeness (QED) is 0.557. The third-order valence-corrected chi connectivity index (χ3v) is 4.23. The number of para-hydroxylation sites is 1. The van der Waals surface area contributed by atoms with Crippen molar-refractivity contribution in [3.63, 3.8) is 0 Å². The molecular formula is C21H27N3O5. The molecule has 2 aromatic carbocycles. The van der Waals surface area contributed by atoms with Gasteiger partial charge in [0.15, 0.2) is 18.1 Å². The SMILES string of the molecule is COc1cc(C(=O)NCCCN(C)c2ccccc2)cc(OC)c1OCC(N)=O. The fraction of sp³-hybridized carbons (Fsp3) is 0.333. The van der Waals surface area contributed by atoms with Gasteiger partial charge in [0.05, 0.1) is 14.2 Å². The summed E-state index contributed by atoms with van der Waals surface area (Å²) >= 11 is 0. The van der Waals surface area contributed by atoms with Crippen LogP contribution in [-0.2, 0) is 4.79 Å². The number of carbonyl (C=O) groups is 2. The second-order valence-corrected chi connectivity index (χ2v) is 6.33. The normalized spacial score (nSPS) is 10.2. The average Bonchev–Trinajstić information content (AvgIpc) is 2.74. The predicted molar refractivity (Wildman–Crippen MR) is 111 cm³/mol. The van der Waals surface area contributed by atoms with Gasteiger partial charge in [0.1, 0.15) is 0 Å². The van der Waals surface area contributed by atoms with E-state index in [0.717, 1.165) is 18.7 Å². The minimum Gasteiger partial charge on any atom is -0.493 e. The molecule has 0 aliphatic carbocycles. The smallest absolute Gasteiger partial charge is 0.255 e. The maximum atomic E-state index is 12.5. The lowest BCUT2D eigenvalue weighted by atomic mass is 10.1. The lowest BCUT2D eigenvalue weighted by molar-refractivity contribution is -0.120. The first-order valence-electron chi connectivity index (χ1n) is 9.17. The number of nitrogens with zero attached hydrogens (tertiary/aromatic N) is 1. The fourth-order valence-electron chi connectivity index (χ4n) is 2.73. The van der Waals surface area contributed by atoms with Crippen LogP contribution in [0.2, 0.25) is 0 Å². The van der Waals surface area contributed by atoms with Crippen LogP contribution in [0.15, 0.2) is 42.5 Å². The zero-order valence-corrected chi connectivity index (χ0v) is 16.9. The maximum Gasteiger partial charge on any atom is 0.255 e. The standard InChI is InChI=1S/C21H27N3O5/c1-24(16-8-5-4-6-9-16)11-7-10-23-21(26)15-12-17(27-2)20(18(13-15)28-3)29-14-19(22)25/h4-6,8-9,12-13H,7,10-11,14H2,1-3H3,(H2,22,25)(H,23,26). The molecule has 8 nitrogen and oxygen atoms in total. The molecule has 2 rings (SSSR count). The largest absolute Gasteiger partial charge is 0.493 e. The molecule has 3 N–H and O–H groups in total. The molecule has 8 heteroatoms. The van der Waals surface area contributed by atoms with Gasteiger partial charge in [0.2, 0.25) is 5.75 Å². The molecule has 0 saturated carbocycles. The number of carbonyl (C=O) groups excluding carboxylic acids is 2. The highest BCUT2D eigenvalue weighted by Crippen LogP contribution is 2.38. The number of primary amides is 1. The van der Waals surface area contributed by atoms with Gasteiger partial charge in [-0.25, -0.2) is 0 Å². The number of nitrogens with two attached hydrogens (primary N) is 1. The number of hydrogen-bond acceptors (Lipinski definition) is 6. The zero-order valence-electron chi connectivity index (χ0n) is 16.9. The van der Waals surface area contributed by atoms with Crippen LogP contribution in [-0.4, -0.2) is 52.8 Å². The Balaban J connectivity index is 1.96. The van der Waals surface area contributed by atoms with Crippen LogP contribution in [0.1, 0.15) is 16.8 Å². The van der Waals surface area contributed by atoms with E-state index < -0.39 is 5.91 Å². The van der Waals surface area contributed by atoms with E-state index in [2.05, 4.69) is 10.2 Å². The molecule has 0 aromatic heterocycles. The fourth-order valence-corrected chi connectivity index (χ4v) is 2.73. The Morgan fingerprint density at radius 1 is 1.07 bits per heavy atom. The van der Waals surface area contributed by atoms with Crippen molar-refractivity contribution in [1.29, 1.82) is 0 Å². The van der Waals surface area contributed by atoms with Crippen molar-refractivity contribution in [3.8, 4) is 17.2 Å². The molecule has 29 heavy (non-hydrogen) atoms. The minimum absolute atomic E-state index is 0.217. The molecule has 0 aliphatic heterocycles. The van der Waals surface area contributed by atoms with Crippen molar-refractivity contribution in [2.45, 2.75) is 6.42 Å². The van der Waals surface area contributed by atoms with Crippen LogP contribution in [0.25, 0.3) is 0 Å². The van der Waals surface area contributed by atoms with Gasteiger partial charge in [-0.3, -0.25) is 9.59 Å². The highest BCUT2D eigenvalue weighted by Gasteiger charge is 2.18. The molecular weight excluding hydrogens is 374 g/mol. The number of methoxy groups -OCH3 is 2. The monoisotopic (exact) mass is 401 g/mol. The van der Waals surface area contributed by atoms with Crippen molar-refractivity contribution in [3.05, 3.63) is 48.0 Å². The number of benzene rings is 2. The summed E-state index contributed by atoms with van der Waals surface area (Å²) in [4.78, 5) is 25.6. The van der Waals surface area contributed by atoms with Crippen LogP contribution in [0.3, 0.4) is 0 Å². The highest BCUT2D eigenvalue weighted by atomic mass is 16.5. The molecule has 0 atom stereocenters. The van der Waals surface area contributed by atoms with Gasteiger partial charge in [-0.15, -0.1) is 0 Å². The van der Waals surface area contributed by atoms with Crippen molar-refractivity contribution in [2.75, 3.05) is 45.9 Å². The van der Waals surface area contributed by atoms with Crippen molar-refractivity contribution in [2.24, 2.45) is 5.73 Å². The Kier molecular flexibility index (Phi) is 8.14. The van der Waals surface area contributed by atoms with Crippen molar-refractivity contribution in [1.82, 2.24) is 5.32 Å². The molecule has 0 unspecified atom stereocenters. The minimum atomic E-state index is -0.628. The first-order valence-corrected chi connectivity index (χ1v) is 9.17. The van der Waals surface area contributed by atoms with Gasteiger partial charge in [0, 0.05) is 31.4 Å². The summed E-state index contributed by atoms with van der Waals surface area (Å²) in [7, 11) is 4.89. The molecule has 0 heterocycles. The van der Waals surface area contributed by atoms with E-state index in [1.54, 1.807) is 0 Å². The summed E-state index contributed by atoms with van der Waals surface area (Å²) < 4.78 is 15.9. The number of anilines is 1. The Morgan fingerprint density at radius 2 is 1.69 bits per heavy atom. The summed E-state index contributed by atoms with van der Waals surface area (Å²) in [5.41, 5.74) is 6.60. The molecule has 0 saturated heterocycles. The van der Waals surface area contributed by atoms with E-state index in [0.29, 0.717) is 12.1 Å². The maximum absolute atomic E-state index is 12.5. The Hall–Kier alpha value is -3.42. The van der Waals surface area contributed by atoms with Gasteiger partial charge < -0.3 is 30.2 Å². The summed E-state index contributed by atoms with van der Waals surface area (Å²) in [6.45, 7) is 0.991. The molecule has 0 fully saturated rings. The number of amides is 2. The summed E-state index contributed by atoms with van der Waals surface area (Å²) in [6.07, 6.45) is 0.783. The van der Waals surface area contributed by atoms with E-state index in [1.165, 1.54) is 26.4 Å². The third-order valence-electron chi connectivity index (χ3n) is 4.23. The van der Waals surface area contributed by atoms with Gasteiger partial charge >= 0.3 is 0 Å². The van der Waals surface area contributed by atoms with E-state index in [9.17, 15) is 9.59 Å². The molecule has 0 spiro atoms. The zero-order chi connectivity index (χ0) is 21.2. The Labute approximate surface area is 170 Å². The number of nitrogens with one attached hydrogen (secondary N) is 1. The third kappa shape index (κ3) is 6.31. The van der Waals surface area contributed by atoms with Gasteiger partial charge in [-0.1, -0.05) is 18.2 Å². The first kappa shape index (κ1) is 21.9. The van der Waals surface area contributed by atoms with Crippen molar-refractivity contribution >= 4 is 17.5 Å². The highest BCUT2D eigenvalue weighted by molar-refractivity contribution is 5.95. The summed E-state index contributed by atoms with van der Waals surface area (Å²) in [5.74, 6) is -0.115. The second-order valence-electron chi connectivity index (χ2n) is 6.33. The van der Waals surface area contributed by atoms with Crippen LogP contribution < -0.4 is 30.2 Å². The summed E-state index contributed by atoms with van der Waals surface area (Å²) in [5, 5.41) is 2.89. The van der Waals surface area contributed by atoms with Crippen molar-refractivity contribution < 1.29 is 23.8 Å². The second kappa shape index (κ2) is 10.8. The van der Waals surface area contributed by atoms with Gasteiger partial charge in [-0.2, -0.15) is 0 Å². The molecule has 156 valence electrons. The van der Waals surface area contributed by atoms with Crippen LogP contribution in [0.4, 0.5) is 5.69 Å². The van der Waals surface area contributed by atoms with E-state index in [4.69, 9.17) is 19.9 Å². The lowest BCUT2D eigenvalue weighted by Gasteiger charge is -2.19. The Morgan fingerprint density at radius 3 is 2.24 bits per heavy atom. The molecule has 0 bridgehead atoms. The van der Waals surface area contributed by atoms with Crippen LogP contribution in [0.5, 0.6) is 17.2 Å². The topological polar surface area (TPSA) is 103 Å². The predicted octanol–water partition coefficient (Wildman–Crippen LogP) is 1.82. The van der Waals surface area contributed by atoms with E-state index in [-0.39, 0.29) is 29.8 Å². The van der Waals surface area contributed by atoms with Gasteiger partial charge in [-0.05, 0) is 30.7 Å². The van der Waals surface area contributed by atoms with E-state index >= 15 is 0 Å². The number of hydrogen-bond donors (Lipinski definition) is 2. The summed E-state index contributed by atoms with van der Waals surface area (Å²) in [6, 6.07) is 13.1.